The van der Waals surface area contributed by atoms with Gasteiger partial charge in [0.15, 0.2) is 0 Å². The van der Waals surface area contributed by atoms with Crippen LogP contribution in [0.1, 0.15) is 55.1 Å². The number of halogens is 2. The lowest BCUT2D eigenvalue weighted by molar-refractivity contribution is 0.0686. The van der Waals surface area contributed by atoms with Crippen molar-refractivity contribution < 1.29 is 30.0 Å². The molecule has 4 aromatic rings. The molecule has 0 fully saturated rings. The van der Waals surface area contributed by atoms with Crippen LogP contribution in [0.5, 0.6) is 11.5 Å². The third kappa shape index (κ3) is 6.85. The van der Waals surface area contributed by atoms with Crippen LogP contribution < -0.4 is 0 Å². The summed E-state index contributed by atoms with van der Waals surface area (Å²) >= 11 is 12.2. The molecule has 4 rings (SSSR count). The number of aromatic hydroxyl groups is 2. The zero-order valence-corrected chi connectivity index (χ0v) is 22.2. The number of rotatable bonds is 9. The van der Waals surface area contributed by atoms with Gasteiger partial charge in [0.2, 0.25) is 0 Å². The molecule has 0 aliphatic heterocycles. The molecule has 0 heterocycles. The van der Waals surface area contributed by atoms with Crippen LogP contribution >= 0.6 is 23.2 Å². The molecule has 0 spiro atoms. The number of nitrogens with zero attached hydrogens (tertiary/aromatic N) is 2. The second kappa shape index (κ2) is 12.5. The van der Waals surface area contributed by atoms with E-state index in [4.69, 9.17) is 33.2 Å². The molecule has 4 aromatic carbocycles. The van der Waals surface area contributed by atoms with Crippen molar-refractivity contribution in [1.82, 2.24) is 0 Å². The van der Waals surface area contributed by atoms with Gasteiger partial charge in [-0.25, -0.2) is 9.59 Å². The fourth-order valence-electron chi connectivity index (χ4n) is 3.92. The lowest BCUT2D eigenvalue weighted by Gasteiger charge is -2.22. The Balaban J connectivity index is 1.88. The Bertz CT molecular complexity index is 1480. The maximum Gasteiger partial charge on any atom is 0.335 e. The quantitative estimate of drug-likeness (QED) is 0.161. The molecule has 40 heavy (non-hydrogen) atoms. The molecule has 0 saturated carbocycles. The molecule has 202 valence electrons. The molecule has 0 amide bonds. The molecule has 0 aliphatic carbocycles. The van der Waals surface area contributed by atoms with Gasteiger partial charge in [0.1, 0.15) is 23.6 Å². The summed E-state index contributed by atoms with van der Waals surface area (Å²) in [6, 6.07) is 19.6. The number of hydrogen-bond donors (Lipinski definition) is 4. The second-order valence-corrected chi connectivity index (χ2v) is 9.58. The number of aromatic carboxylic acids is 2. The maximum atomic E-state index is 11.4. The highest BCUT2D eigenvalue weighted by Crippen LogP contribution is 2.37. The first kappa shape index (κ1) is 28.4. The van der Waals surface area contributed by atoms with E-state index in [9.17, 15) is 30.0 Å². The highest BCUT2D eigenvalue weighted by Gasteiger charge is 2.25. The van der Waals surface area contributed by atoms with E-state index in [1.807, 2.05) is 0 Å². The van der Waals surface area contributed by atoms with E-state index >= 15 is 0 Å². The second-order valence-electron chi connectivity index (χ2n) is 8.71. The number of aliphatic imine (C=N–C) groups is 2. The molecular formula is C30H22Cl2N2O6. The zero-order valence-electron chi connectivity index (χ0n) is 20.6. The van der Waals surface area contributed by atoms with Gasteiger partial charge in [-0.05, 0) is 71.8 Å². The molecule has 0 radical (unpaired) electrons. The first-order valence-electron chi connectivity index (χ1n) is 11.8. The number of phenolic OH excluding ortho intramolecular Hbond substituents is 2. The Morgan fingerprint density at radius 2 is 0.950 bits per heavy atom. The summed E-state index contributed by atoms with van der Waals surface area (Å²) in [6.07, 6.45) is 2.87. The Labute approximate surface area is 239 Å². The lowest BCUT2D eigenvalue weighted by Crippen LogP contribution is -2.10. The van der Waals surface area contributed by atoms with E-state index in [1.165, 1.54) is 73.1 Å². The predicted octanol–water partition coefficient (Wildman–Crippen LogP) is 6.82. The third-order valence-electron chi connectivity index (χ3n) is 6.02. The number of carbonyl (C=O) groups is 2. The van der Waals surface area contributed by atoms with Gasteiger partial charge in [-0.3, -0.25) is 9.98 Å². The first-order valence-corrected chi connectivity index (χ1v) is 12.6. The Morgan fingerprint density at radius 1 is 0.600 bits per heavy atom. The summed E-state index contributed by atoms with van der Waals surface area (Å²) in [5, 5.41) is 40.1. The van der Waals surface area contributed by atoms with Crippen molar-refractivity contribution >= 4 is 47.6 Å². The van der Waals surface area contributed by atoms with Gasteiger partial charge in [-0.2, -0.15) is 0 Å². The van der Waals surface area contributed by atoms with Gasteiger partial charge in [0, 0.05) is 33.6 Å². The van der Waals surface area contributed by atoms with Crippen LogP contribution in [0.3, 0.4) is 0 Å². The summed E-state index contributed by atoms with van der Waals surface area (Å²) in [5.74, 6) is -2.29. The van der Waals surface area contributed by atoms with Crippen molar-refractivity contribution in [2.24, 2.45) is 9.98 Å². The topological polar surface area (TPSA) is 140 Å². The molecule has 0 bridgehead atoms. The largest absolute Gasteiger partial charge is 0.507 e. The van der Waals surface area contributed by atoms with E-state index in [2.05, 4.69) is 0 Å². The van der Waals surface area contributed by atoms with Crippen molar-refractivity contribution in [2.75, 3.05) is 0 Å². The van der Waals surface area contributed by atoms with Crippen LogP contribution in [0.2, 0.25) is 10.0 Å². The van der Waals surface area contributed by atoms with Gasteiger partial charge < -0.3 is 20.4 Å². The maximum absolute atomic E-state index is 11.4. The van der Waals surface area contributed by atoms with Crippen LogP contribution in [-0.2, 0) is 0 Å². The summed E-state index contributed by atoms with van der Waals surface area (Å²) in [7, 11) is 0. The monoisotopic (exact) mass is 576 g/mol. The zero-order chi connectivity index (χ0) is 28.8. The average molecular weight is 577 g/mol. The summed E-state index contributed by atoms with van der Waals surface area (Å²) < 4.78 is 0. The smallest absolute Gasteiger partial charge is 0.335 e. The lowest BCUT2D eigenvalue weighted by atomic mass is 9.92. The number of hydrogen-bond acceptors (Lipinski definition) is 6. The molecule has 4 N–H and O–H groups in total. The molecule has 2 atom stereocenters. The van der Waals surface area contributed by atoms with Crippen LogP contribution in [0, 0.1) is 0 Å². The van der Waals surface area contributed by atoms with Crippen molar-refractivity contribution in [3.8, 4) is 11.5 Å². The minimum atomic E-state index is -1.09. The molecular weight excluding hydrogens is 555 g/mol. The number of carboxylic acid groups (broad SMARTS) is 2. The number of phenols is 2. The Morgan fingerprint density at radius 3 is 1.27 bits per heavy atom. The van der Waals surface area contributed by atoms with Gasteiger partial charge >= 0.3 is 11.9 Å². The number of benzene rings is 4. The molecule has 0 saturated heterocycles. The number of carboxylic acids is 2. The first-order chi connectivity index (χ1) is 19.1. The highest BCUT2D eigenvalue weighted by atomic mass is 35.5. The van der Waals surface area contributed by atoms with Gasteiger partial charge in [0.25, 0.3) is 0 Å². The Kier molecular flexibility index (Phi) is 8.83. The van der Waals surface area contributed by atoms with Crippen molar-refractivity contribution in [3.05, 3.63) is 128 Å². The molecule has 0 aliphatic rings. The fourth-order valence-corrected chi connectivity index (χ4v) is 4.29. The van der Waals surface area contributed by atoms with Gasteiger partial charge in [-0.1, -0.05) is 47.5 Å². The fraction of sp³-hybridized carbons (Fsp3) is 0.0667. The normalized spacial score (nSPS) is 12.9. The van der Waals surface area contributed by atoms with Crippen LogP contribution in [-0.4, -0.2) is 44.8 Å². The van der Waals surface area contributed by atoms with E-state index in [0.717, 1.165) is 0 Å². The standard InChI is InChI=1S/C30H22Cl2N2O6/c31-23-9-11-25(35)21(13-23)15-33-27(17-1-5-19(6-2-17)29(37)38)28(18-3-7-20(8-4-18)30(39)40)34-16-22-14-24(32)10-12-26(22)36/h1-16,27-28,35-36H,(H,37,38)(H,39,40)/t27-,28-/m0/s1. The van der Waals surface area contributed by atoms with Crippen LogP contribution in [0.25, 0.3) is 0 Å². The minimum Gasteiger partial charge on any atom is -0.507 e. The van der Waals surface area contributed by atoms with E-state index < -0.39 is 24.0 Å². The Hall–Kier alpha value is -4.66. The van der Waals surface area contributed by atoms with Gasteiger partial charge in [-0.15, -0.1) is 0 Å². The van der Waals surface area contributed by atoms with E-state index in [0.29, 0.717) is 32.3 Å². The van der Waals surface area contributed by atoms with Crippen molar-refractivity contribution in [2.45, 2.75) is 12.1 Å². The molecule has 0 unspecified atom stereocenters. The van der Waals surface area contributed by atoms with Crippen LogP contribution in [0.4, 0.5) is 0 Å². The minimum absolute atomic E-state index is 0.0529. The highest BCUT2D eigenvalue weighted by molar-refractivity contribution is 6.31. The average Bonchev–Trinajstić information content (AvgIpc) is 2.94. The van der Waals surface area contributed by atoms with Crippen molar-refractivity contribution in [3.63, 3.8) is 0 Å². The molecule has 10 heteroatoms. The van der Waals surface area contributed by atoms with E-state index in [1.54, 1.807) is 24.3 Å². The summed E-state index contributed by atoms with van der Waals surface area (Å²) in [4.78, 5) is 32.3. The third-order valence-corrected chi connectivity index (χ3v) is 6.50. The van der Waals surface area contributed by atoms with Crippen molar-refractivity contribution in [1.29, 1.82) is 0 Å². The van der Waals surface area contributed by atoms with Gasteiger partial charge in [0.05, 0.1) is 11.1 Å². The molecule has 0 aromatic heterocycles. The van der Waals surface area contributed by atoms with Crippen LogP contribution in [0.15, 0.2) is 94.9 Å². The van der Waals surface area contributed by atoms with E-state index in [-0.39, 0.29) is 22.6 Å². The summed E-state index contributed by atoms with van der Waals surface area (Å²) in [5.41, 5.74) is 2.01. The molecule has 8 nitrogen and oxygen atoms in total. The summed E-state index contributed by atoms with van der Waals surface area (Å²) in [6.45, 7) is 0. The predicted molar refractivity (Wildman–Crippen MR) is 154 cm³/mol. The SMILES string of the molecule is O=C(O)c1ccc([C@H](N=Cc2cc(Cl)ccc2O)[C@@H](N=Cc2cc(Cl)ccc2O)c2ccc(C(=O)O)cc2)cc1.